The fourth-order valence-electron chi connectivity index (χ4n) is 2.97. The zero-order chi connectivity index (χ0) is 12.4. The first-order chi connectivity index (χ1) is 8.88. The maximum absolute atomic E-state index is 6.02. The fraction of sp³-hybridized carbons (Fsp3) is 0.571. The number of halogens is 1. The van der Waals surface area contributed by atoms with Crippen LogP contribution in [0.25, 0.3) is 11.0 Å². The van der Waals surface area contributed by atoms with E-state index < -0.39 is 0 Å². The molecule has 0 aliphatic heterocycles. The van der Waals surface area contributed by atoms with Gasteiger partial charge in [0.1, 0.15) is 11.3 Å². The average molecular weight is 264 g/mol. The number of nitrogens with zero attached hydrogens (tertiary/aromatic N) is 3. The van der Waals surface area contributed by atoms with Crippen molar-refractivity contribution < 1.29 is 0 Å². The topological polar surface area (TPSA) is 30.7 Å². The van der Waals surface area contributed by atoms with E-state index in [1.54, 1.807) is 0 Å². The van der Waals surface area contributed by atoms with Gasteiger partial charge in [0.05, 0.1) is 17.6 Å². The fourth-order valence-corrected chi connectivity index (χ4v) is 3.17. The molecule has 0 saturated heterocycles. The molecule has 0 spiro atoms. The number of aromatic nitrogens is 3. The molecule has 2 aromatic rings. The minimum atomic E-state index is 0.474. The number of hydrogen-bond acceptors (Lipinski definition) is 2. The molecule has 1 saturated carbocycles. The molecule has 4 heteroatoms. The molecule has 1 aliphatic carbocycles. The van der Waals surface area contributed by atoms with Crippen LogP contribution >= 0.6 is 11.6 Å². The lowest BCUT2D eigenvalue weighted by Crippen LogP contribution is -2.15. The number of hydrogen-bond donors (Lipinski definition) is 0. The highest BCUT2D eigenvalue weighted by molar-refractivity contribution is 6.16. The van der Waals surface area contributed by atoms with Gasteiger partial charge in [-0.05, 0) is 24.8 Å². The third kappa shape index (κ3) is 2.24. The molecule has 96 valence electrons. The van der Waals surface area contributed by atoms with E-state index in [4.69, 9.17) is 11.6 Å². The van der Waals surface area contributed by atoms with Gasteiger partial charge in [-0.25, -0.2) is 4.98 Å². The first-order valence-electron chi connectivity index (χ1n) is 6.73. The second-order valence-corrected chi connectivity index (χ2v) is 5.41. The molecule has 0 amide bonds. The molecular formula is C14H18ClN3. The molecule has 3 rings (SSSR count). The maximum Gasteiger partial charge on any atom is 0.124 e. The normalized spacial score (nSPS) is 17.4. The SMILES string of the molecule is ClCc1nc2cnccc2n1CC1CCCCC1. The van der Waals surface area contributed by atoms with Crippen LogP contribution in [0.4, 0.5) is 0 Å². The zero-order valence-electron chi connectivity index (χ0n) is 10.5. The predicted octanol–water partition coefficient (Wildman–Crippen LogP) is 3.75. The smallest absolute Gasteiger partial charge is 0.124 e. The van der Waals surface area contributed by atoms with Crippen LogP contribution in [0.3, 0.4) is 0 Å². The Morgan fingerprint density at radius 1 is 1.28 bits per heavy atom. The largest absolute Gasteiger partial charge is 0.327 e. The van der Waals surface area contributed by atoms with Crippen LogP contribution < -0.4 is 0 Å². The Kier molecular flexibility index (Phi) is 3.50. The van der Waals surface area contributed by atoms with Crippen LogP contribution in [0.5, 0.6) is 0 Å². The summed E-state index contributed by atoms with van der Waals surface area (Å²) in [5, 5.41) is 0. The first kappa shape index (κ1) is 12.0. The number of imidazole rings is 1. The van der Waals surface area contributed by atoms with Crippen molar-refractivity contribution in [2.75, 3.05) is 0 Å². The number of fused-ring (bicyclic) bond motifs is 1. The van der Waals surface area contributed by atoms with Gasteiger partial charge < -0.3 is 4.57 Å². The molecule has 0 N–H and O–H groups in total. The lowest BCUT2D eigenvalue weighted by atomic mass is 9.89. The van der Waals surface area contributed by atoms with E-state index in [0.717, 1.165) is 23.8 Å². The molecule has 2 heterocycles. The highest BCUT2D eigenvalue weighted by Gasteiger charge is 2.17. The Balaban J connectivity index is 1.93. The van der Waals surface area contributed by atoms with E-state index in [1.807, 2.05) is 18.5 Å². The van der Waals surface area contributed by atoms with E-state index in [-0.39, 0.29) is 0 Å². The Bertz CT molecular complexity index is 529. The summed E-state index contributed by atoms with van der Waals surface area (Å²) in [6, 6.07) is 2.04. The molecule has 0 bridgehead atoms. The van der Waals surface area contributed by atoms with Crippen LogP contribution in [0.15, 0.2) is 18.5 Å². The van der Waals surface area contributed by atoms with Gasteiger partial charge in [-0.1, -0.05) is 19.3 Å². The molecule has 18 heavy (non-hydrogen) atoms. The quantitative estimate of drug-likeness (QED) is 0.790. The summed E-state index contributed by atoms with van der Waals surface area (Å²) in [7, 11) is 0. The maximum atomic E-state index is 6.02. The van der Waals surface area contributed by atoms with Gasteiger partial charge in [0.15, 0.2) is 0 Å². The first-order valence-corrected chi connectivity index (χ1v) is 7.27. The second-order valence-electron chi connectivity index (χ2n) is 5.14. The van der Waals surface area contributed by atoms with Crippen molar-refractivity contribution in [1.82, 2.24) is 14.5 Å². The van der Waals surface area contributed by atoms with E-state index in [2.05, 4.69) is 14.5 Å². The van der Waals surface area contributed by atoms with Crippen LogP contribution in [-0.4, -0.2) is 14.5 Å². The van der Waals surface area contributed by atoms with Gasteiger partial charge in [-0.15, -0.1) is 11.6 Å². The summed E-state index contributed by atoms with van der Waals surface area (Å²) in [5.74, 6) is 2.23. The summed E-state index contributed by atoms with van der Waals surface area (Å²) < 4.78 is 2.29. The van der Waals surface area contributed by atoms with Gasteiger partial charge in [0, 0.05) is 12.7 Å². The van der Waals surface area contributed by atoms with Crippen molar-refractivity contribution in [3.8, 4) is 0 Å². The summed E-state index contributed by atoms with van der Waals surface area (Å²) in [4.78, 5) is 8.69. The Hall–Kier alpha value is -1.09. The highest BCUT2D eigenvalue weighted by Crippen LogP contribution is 2.27. The Morgan fingerprint density at radius 3 is 2.89 bits per heavy atom. The molecule has 2 aromatic heterocycles. The molecule has 0 radical (unpaired) electrons. The van der Waals surface area contributed by atoms with Crippen LogP contribution in [0, 0.1) is 5.92 Å². The van der Waals surface area contributed by atoms with Gasteiger partial charge in [0.2, 0.25) is 0 Å². The second kappa shape index (κ2) is 5.27. The van der Waals surface area contributed by atoms with Gasteiger partial charge >= 0.3 is 0 Å². The summed E-state index contributed by atoms with van der Waals surface area (Å²) >= 11 is 6.02. The monoisotopic (exact) mass is 263 g/mol. The van der Waals surface area contributed by atoms with Crippen LogP contribution in [0.1, 0.15) is 37.9 Å². The number of alkyl halides is 1. The molecule has 1 aliphatic rings. The molecule has 0 aromatic carbocycles. The lowest BCUT2D eigenvalue weighted by Gasteiger charge is -2.23. The van der Waals surface area contributed by atoms with Crippen molar-refractivity contribution in [3.63, 3.8) is 0 Å². The zero-order valence-corrected chi connectivity index (χ0v) is 11.2. The summed E-state index contributed by atoms with van der Waals surface area (Å²) in [6.45, 7) is 1.06. The van der Waals surface area contributed by atoms with Crippen LogP contribution in [0.2, 0.25) is 0 Å². The van der Waals surface area contributed by atoms with E-state index in [9.17, 15) is 0 Å². The molecule has 3 nitrogen and oxygen atoms in total. The van der Waals surface area contributed by atoms with Crippen molar-refractivity contribution in [3.05, 3.63) is 24.3 Å². The van der Waals surface area contributed by atoms with Crippen molar-refractivity contribution >= 4 is 22.6 Å². The van der Waals surface area contributed by atoms with Gasteiger partial charge in [-0.3, -0.25) is 4.98 Å². The Labute approximate surface area is 112 Å². The van der Waals surface area contributed by atoms with Crippen LogP contribution in [-0.2, 0) is 12.4 Å². The Morgan fingerprint density at radius 2 is 2.11 bits per heavy atom. The van der Waals surface area contributed by atoms with E-state index >= 15 is 0 Å². The van der Waals surface area contributed by atoms with Crippen molar-refractivity contribution in [2.24, 2.45) is 5.92 Å². The third-order valence-corrected chi connectivity index (χ3v) is 4.15. The minimum Gasteiger partial charge on any atom is -0.327 e. The minimum absolute atomic E-state index is 0.474. The van der Waals surface area contributed by atoms with Crippen molar-refractivity contribution in [2.45, 2.75) is 44.5 Å². The average Bonchev–Trinajstić information content (AvgIpc) is 2.78. The summed E-state index contributed by atoms with van der Waals surface area (Å²) in [6.07, 6.45) is 10.5. The van der Waals surface area contributed by atoms with Gasteiger partial charge in [0.25, 0.3) is 0 Å². The van der Waals surface area contributed by atoms with E-state index in [1.165, 1.54) is 37.6 Å². The number of pyridine rings is 1. The van der Waals surface area contributed by atoms with Crippen molar-refractivity contribution in [1.29, 1.82) is 0 Å². The molecular weight excluding hydrogens is 246 g/mol. The molecule has 1 fully saturated rings. The number of rotatable bonds is 3. The highest BCUT2D eigenvalue weighted by atomic mass is 35.5. The molecule has 0 unspecified atom stereocenters. The molecule has 0 atom stereocenters. The van der Waals surface area contributed by atoms with E-state index in [0.29, 0.717) is 5.88 Å². The standard InChI is InChI=1S/C14H18ClN3/c15-8-14-17-12-9-16-7-6-13(12)18(14)10-11-4-2-1-3-5-11/h6-7,9,11H,1-5,8,10H2. The predicted molar refractivity (Wildman–Crippen MR) is 73.7 cm³/mol. The van der Waals surface area contributed by atoms with Gasteiger partial charge in [-0.2, -0.15) is 0 Å². The lowest BCUT2D eigenvalue weighted by molar-refractivity contribution is 0.320. The summed E-state index contributed by atoms with van der Waals surface area (Å²) in [5.41, 5.74) is 2.13. The third-order valence-electron chi connectivity index (χ3n) is 3.91.